The number of hydrogen-bond donors (Lipinski definition) is 2. The van der Waals surface area contributed by atoms with E-state index >= 15 is 0 Å². The molecule has 0 aromatic carbocycles. The average Bonchev–Trinajstić information content (AvgIpc) is 2.72. The zero-order chi connectivity index (χ0) is 13.8. The first kappa shape index (κ1) is 17.1. The van der Waals surface area contributed by atoms with E-state index in [1.165, 1.54) is 0 Å². The molecule has 0 saturated carbocycles. The van der Waals surface area contributed by atoms with Gasteiger partial charge >= 0.3 is 12.0 Å². The smallest absolute Gasteiger partial charge is 0.321 e. The highest BCUT2D eigenvalue weighted by atomic mass is 127. The molecule has 3 amide bonds. The number of amides is 3. The summed E-state index contributed by atoms with van der Waals surface area (Å²) in [6.45, 7) is 2.78. The SMILES string of the molecule is CCCCC(=O)OCCCI.O=C1CNC(=O)N1. The number of carbonyl (C=O) groups is 3. The molecule has 2 N–H and O–H groups in total. The lowest BCUT2D eigenvalue weighted by molar-refractivity contribution is -0.143. The van der Waals surface area contributed by atoms with Crippen LogP contribution in [0.5, 0.6) is 0 Å². The first-order valence-corrected chi connectivity index (χ1v) is 7.42. The molecule has 0 atom stereocenters. The van der Waals surface area contributed by atoms with Crippen LogP contribution >= 0.6 is 22.6 Å². The van der Waals surface area contributed by atoms with Crippen LogP contribution < -0.4 is 10.6 Å². The maximum atomic E-state index is 10.9. The number of rotatable bonds is 6. The number of ether oxygens (including phenoxy) is 1. The lowest BCUT2D eigenvalue weighted by Gasteiger charge is -2.01. The second-order valence-corrected chi connectivity index (χ2v) is 4.68. The minimum Gasteiger partial charge on any atom is -0.466 e. The van der Waals surface area contributed by atoms with Crippen LogP contribution in [0.3, 0.4) is 0 Å². The van der Waals surface area contributed by atoms with Crippen molar-refractivity contribution >= 4 is 40.5 Å². The predicted octanol–water partition coefficient (Wildman–Crippen LogP) is 1.37. The summed E-state index contributed by atoms with van der Waals surface area (Å²) < 4.78 is 6.00. The number of imide groups is 1. The molecular weight excluding hydrogens is 351 g/mol. The van der Waals surface area contributed by atoms with Crippen LogP contribution in [0.1, 0.15) is 32.6 Å². The van der Waals surface area contributed by atoms with Crippen LogP contribution in [0, 0.1) is 0 Å². The molecular formula is C11H19IN2O4. The summed E-state index contributed by atoms with van der Waals surface area (Å²) in [4.78, 5) is 30.9. The van der Waals surface area contributed by atoms with Gasteiger partial charge in [0.2, 0.25) is 5.91 Å². The zero-order valence-electron chi connectivity index (χ0n) is 10.5. The van der Waals surface area contributed by atoms with Gasteiger partial charge in [-0.3, -0.25) is 14.9 Å². The van der Waals surface area contributed by atoms with Crippen molar-refractivity contribution < 1.29 is 19.1 Å². The topological polar surface area (TPSA) is 84.5 Å². The van der Waals surface area contributed by atoms with Gasteiger partial charge in [-0.1, -0.05) is 35.9 Å². The molecule has 6 nitrogen and oxygen atoms in total. The van der Waals surface area contributed by atoms with Gasteiger partial charge < -0.3 is 10.1 Å². The second-order valence-electron chi connectivity index (χ2n) is 3.60. The van der Waals surface area contributed by atoms with Crippen molar-refractivity contribution in [3.63, 3.8) is 0 Å². The molecule has 7 heteroatoms. The van der Waals surface area contributed by atoms with Crippen LogP contribution in [0.2, 0.25) is 0 Å². The van der Waals surface area contributed by atoms with E-state index in [4.69, 9.17) is 4.74 Å². The lowest BCUT2D eigenvalue weighted by Crippen LogP contribution is -2.22. The zero-order valence-corrected chi connectivity index (χ0v) is 12.6. The van der Waals surface area contributed by atoms with E-state index in [-0.39, 0.29) is 18.4 Å². The highest BCUT2D eigenvalue weighted by Crippen LogP contribution is 1.97. The second kappa shape index (κ2) is 11.2. The normalized spacial score (nSPS) is 13.2. The molecule has 0 unspecified atom stereocenters. The summed E-state index contributed by atoms with van der Waals surface area (Å²) in [6.07, 6.45) is 3.56. The number of urea groups is 1. The van der Waals surface area contributed by atoms with Crippen LogP contribution in [0.4, 0.5) is 4.79 Å². The molecule has 1 saturated heterocycles. The molecule has 0 aliphatic carbocycles. The number of carbonyl (C=O) groups excluding carboxylic acids is 3. The number of unbranched alkanes of at least 4 members (excludes halogenated alkanes) is 1. The Hall–Kier alpha value is -0.860. The standard InChI is InChI=1S/C8H15IO2.C3H4N2O2/c1-2-3-5-8(10)11-7-4-6-9;6-2-1-4-3(7)5-2/h2-7H2,1H3;1H2,(H2,4,5,6,7). The summed E-state index contributed by atoms with van der Waals surface area (Å²) in [5, 5.41) is 4.30. The largest absolute Gasteiger partial charge is 0.466 e. The molecule has 1 heterocycles. The third-order valence-corrected chi connectivity index (χ3v) is 2.70. The van der Waals surface area contributed by atoms with Crippen molar-refractivity contribution in [3.05, 3.63) is 0 Å². The van der Waals surface area contributed by atoms with Gasteiger partial charge in [0.1, 0.15) is 0 Å². The average molecular weight is 370 g/mol. The van der Waals surface area contributed by atoms with Gasteiger partial charge in [0, 0.05) is 10.8 Å². The van der Waals surface area contributed by atoms with Gasteiger partial charge in [-0.05, 0) is 12.8 Å². The van der Waals surface area contributed by atoms with E-state index in [2.05, 4.69) is 34.8 Å². The van der Waals surface area contributed by atoms with E-state index in [0.29, 0.717) is 13.0 Å². The maximum absolute atomic E-state index is 10.9. The van der Waals surface area contributed by atoms with Crippen LogP contribution in [0.25, 0.3) is 0 Å². The molecule has 0 aromatic rings. The van der Waals surface area contributed by atoms with Crippen molar-refractivity contribution in [2.75, 3.05) is 17.6 Å². The quantitative estimate of drug-likeness (QED) is 0.243. The van der Waals surface area contributed by atoms with Crippen molar-refractivity contribution in [2.24, 2.45) is 0 Å². The Labute approximate surface area is 120 Å². The molecule has 0 radical (unpaired) electrons. The minimum atomic E-state index is -0.398. The maximum Gasteiger partial charge on any atom is 0.321 e. The van der Waals surface area contributed by atoms with Gasteiger partial charge in [-0.25, -0.2) is 4.79 Å². The third kappa shape index (κ3) is 10.3. The lowest BCUT2D eigenvalue weighted by atomic mass is 10.2. The van der Waals surface area contributed by atoms with E-state index in [9.17, 15) is 14.4 Å². The van der Waals surface area contributed by atoms with Crippen molar-refractivity contribution in [3.8, 4) is 0 Å². The summed E-state index contributed by atoms with van der Waals surface area (Å²) in [6, 6.07) is -0.398. The fraction of sp³-hybridized carbons (Fsp3) is 0.727. The van der Waals surface area contributed by atoms with Crippen LogP contribution in [-0.2, 0) is 14.3 Å². The fourth-order valence-corrected chi connectivity index (χ4v) is 1.32. The highest BCUT2D eigenvalue weighted by molar-refractivity contribution is 14.1. The number of halogens is 1. The first-order valence-electron chi connectivity index (χ1n) is 5.89. The fourth-order valence-electron chi connectivity index (χ4n) is 1.01. The molecule has 104 valence electrons. The Balaban J connectivity index is 0.000000351. The number of nitrogens with one attached hydrogen (secondary N) is 2. The molecule has 18 heavy (non-hydrogen) atoms. The molecule has 0 aromatic heterocycles. The molecule has 1 aliphatic rings. The predicted molar refractivity (Wildman–Crippen MR) is 75.5 cm³/mol. The monoisotopic (exact) mass is 370 g/mol. The van der Waals surface area contributed by atoms with Gasteiger partial charge in [-0.15, -0.1) is 0 Å². The van der Waals surface area contributed by atoms with Gasteiger partial charge in [0.15, 0.2) is 0 Å². The third-order valence-electron chi connectivity index (χ3n) is 1.94. The Morgan fingerprint density at radius 2 is 2.11 bits per heavy atom. The Morgan fingerprint density at radius 3 is 2.50 bits per heavy atom. The molecule has 1 fully saturated rings. The minimum absolute atomic E-state index is 0.0447. The highest BCUT2D eigenvalue weighted by Gasteiger charge is 2.14. The van der Waals surface area contributed by atoms with Crippen molar-refractivity contribution in [1.82, 2.24) is 10.6 Å². The van der Waals surface area contributed by atoms with E-state index in [0.717, 1.165) is 23.7 Å². The summed E-state index contributed by atoms with van der Waals surface area (Å²) in [5.74, 6) is -0.304. The van der Waals surface area contributed by atoms with E-state index in [1.807, 2.05) is 5.32 Å². The van der Waals surface area contributed by atoms with Gasteiger partial charge in [-0.2, -0.15) is 0 Å². The number of esters is 1. The summed E-state index contributed by atoms with van der Waals surface area (Å²) in [7, 11) is 0. The summed E-state index contributed by atoms with van der Waals surface area (Å²) >= 11 is 2.27. The molecule has 1 aliphatic heterocycles. The van der Waals surface area contributed by atoms with Crippen LogP contribution in [-0.4, -0.2) is 35.5 Å². The first-order chi connectivity index (χ1) is 8.60. The number of alkyl halides is 1. The van der Waals surface area contributed by atoms with Crippen molar-refractivity contribution in [1.29, 1.82) is 0 Å². The van der Waals surface area contributed by atoms with Gasteiger partial charge in [0.25, 0.3) is 0 Å². The Bertz CT molecular complexity index is 270. The molecule has 1 rings (SSSR count). The molecule has 0 bridgehead atoms. The van der Waals surface area contributed by atoms with E-state index < -0.39 is 6.03 Å². The van der Waals surface area contributed by atoms with Gasteiger partial charge in [0.05, 0.1) is 13.2 Å². The molecule has 0 spiro atoms. The summed E-state index contributed by atoms with van der Waals surface area (Å²) in [5.41, 5.74) is 0. The van der Waals surface area contributed by atoms with Crippen LogP contribution in [0.15, 0.2) is 0 Å². The Kier molecular flexibility index (Phi) is 10.7. The Morgan fingerprint density at radius 1 is 1.39 bits per heavy atom. The number of hydrogen-bond acceptors (Lipinski definition) is 4. The van der Waals surface area contributed by atoms with E-state index in [1.54, 1.807) is 0 Å². The van der Waals surface area contributed by atoms with Crippen molar-refractivity contribution in [2.45, 2.75) is 32.6 Å².